The van der Waals surface area contributed by atoms with Gasteiger partial charge in [-0.05, 0) is 71.6 Å². The first-order valence-electron chi connectivity index (χ1n) is 5.13. The van der Waals surface area contributed by atoms with E-state index in [1.807, 2.05) is 0 Å². The van der Waals surface area contributed by atoms with Crippen LogP contribution in [0.1, 0.15) is 25.7 Å². The molecule has 1 fully saturated rings. The molecule has 0 bridgehead atoms. The van der Waals surface area contributed by atoms with Crippen molar-refractivity contribution in [2.75, 3.05) is 0 Å². The summed E-state index contributed by atoms with van der Waals surface area (Å²) in [5.41, 5.74) is 0. The summed E-state index contributed by atoms with van der Waals surface area (Å²) in [5.74, 6) is 0. The molecule has 0 aromatic heterocycles. The van der Waals surface area contributed by atoms with Gasteiger partial charge in [-0.2, -0.15) is 0 Å². The van der Waals surface area contributed by atoms with E-state index in [2.05, 4.69) is 39.5 Å². The van der Waals surface area contributed by atoms with Crippen LogP contribution in [0.5, 0.6) is 0 Å². The first-order valence-corrected chi connectivity index (χ1v) is 10.9. The standard InChI is InChI=1S/C8H12.C3H5.6FH.Ni.Sb/c1-2-4-6-8-7-5-3-1;1-3-2;;;;;;;;/h1-2,7-8H,3-6H2;3H,1-2H2;6*1H;;/q;;;;;;;;+2;+5/p-6. The van der Waals surface area contributed by atoms with Crippen molar-refractivity contribution in [3.05, 3.63) is 46.0 Å². The van der Waals surface area contributed by atoms with Crippen molar-refractivity contribution in [1.29, 1.82) is 0 Å². The van der Waals surface area contributed by atoms with Gasteiger partial charge in [0.05, 0.1) is 0 Å². The molecule has 1 rings (SSSR count). The van der Waals surface area contributed by atoms with Crippen LogP contribution in [0.15, 0.2) is 0 Å². The summed E-state index contributed by atoms with van der Waals surface area (Å²) in [7, 11) is 0. The fourth-order valence-corrected chi connectivity index (χ4v) is 0.856. The fourth-order valence-electron chi connectivity index (χ4n) is 0.856. The Hall–Kier alpha value is 0.892. The summed E-state index contributed by atoms with van der Waals surface area (Å²) in [6.45, 7) is 6.50. The molecular weight excluding hydrogens is 427 g/mol. The Kier molecular flexibility index (Phi) is 12.8. The molecule has 0 spiro atoms. The Morgan fingerprint density at radius 2 is 0.789 bits per heavy atom. The van der Waals surface area contributed by atoms with Crippen LogP contribution in [0.2, 0.25) is 0 Å². The summed E-state index contributed by atoms with van der Waals surface area (Å²) in [5, 5.41) is 0. The van der Waals surface area contributed by atoms with Crippen molar-refractivity contribution in [3.63, 3.8) is 0 Å². The van der Waals surface area contributed by atoms with Crippen LogP contribution in [0.3, 0.4) is 0 Å². The molecule has 0 N–H and O–H groups in total. The first-order chi connectivity index (χ1) is 7.86. The molecule has 0 amide bonds. The molecule has 0 aromatic carbocycles. The maximum atomic E-state index is 9.93. The van der Waals surface area contributed by atoms with Crippen molar-refractivity contribution in [2.45, 2.75) is 25.7 Å². The van der Waals surface area contributed by atoms with Gasteiger partial charge in [0.2, 0.25) is 0 Å². The predicted octanol–water partition coefficient (Wildman–Crippen LogP) is 5.37. The molecule has 0 atom stereocenters. The normalized spacial score (nSPS) is 19.6. The SMILES string of the molecule is [CH2][CH][CH2].[CH]1[CH]CC[CH][CH]CC1.[F][Sb-]([F])([F])([F])([F])[F].[Ni+2]. The zero-order chi connectivity index (χ0) is 14.8. The molecule has 0 aliphatic heterocycles. The molecule has 0 nitrogen and oxygen atoms in total. The monoisotopic (exact) mass is 442 g/mol. The second-order valence-electron chi connectivity index (χ2n) is 3.34. The maximum absolute atomic E-state index is 11.2. The Morgan fingerprint density at radius 1 is 0.684 bits per heavy atom. The van der Waals surface area contributed by atoms with E-state index in [0.29, 0.717) is 0 Å². The van der Waals surface area contributed by atoms with Gasteiger partial charge in [-0.3, -0.25) is 0 Å². The van der Waals surface area contributed by atoms with Crippen molar-refractivity contribution < 1.29 is 33.4 Å². The van der Waals surface area contributed by atoms with Crippen molar-refractivity contribution in [2.24, 2.45) is 0 Å². The van der Waals surface area contributed by atoms with Crippen LogP contribution in [-0.4, -0.2) is 19.5 Å². The summed E-state index contributed by atoms with van der Waals surface area (Å²) >= 11 is -11.2. The van der Waals surface area contributed by atoms with E-state index in [0.717, 1.165) is 0 Å². The summed E-state index contributed by atoms with van der Waals surface area (Å²) < 4.78 is 59.6. The zero-order valence-corrected chi connectivity index (χ0v) is 13.7. The second-order valence-corrected chi connectivity index (χ2v) is 8.81. The molecule has 19 heavy (non-hydrogen) atoms. The summed E-state index contributed by atoms with van der Waals surface area (Å²) in [6, 6.07) is 0. The molecule has 117 valence electrons. The largest absolute Gasteiger partial charge is 2.00 e. The molecule has 0 saturated heterocycles. The summed E-state index contributed by atoms with van der Waals surface area (Å²) in [6.07, 6.45) is 15.5. The van der Waals surface area contributed by atoms with Gasteiger partial charge < -0.3 is 0 Å². The van der Waals surface area contributed by atoms with E-state index >= 15 is 0 Å². The molecule has 0 heterocycles. The van der Waals surface area contributed by atoms with Gasteiger partial charge in [-0.25, -0.2) is 0 Å². The van der Waals surface area contributed by atoms with Gasteiger partial charge in [-0.15, -0.1) is 0 Å². The second kappa shape index (κ2) is 9.76. The van der Waals surface area contributed by atoms with Crippen LogP contribution in [0.4, 0.5) is 16.9 Å². The summed E-state index contributed by atoms with van der Waals surface area (Å²) in [4.78, 5) is 0. The average Bonchev–Trinajstić information content (AvgIpc) is 1.96. The maximum Gasteiger partial charge on any atom is 2.00 e. The number of rotatable bonds is 0. The first kappa shape index (κ1) is 24.9. The van der Waals surface area contributed by atoms with Gasteiger partial charge in [0, 0.05) is 0 Å². The minimum atomic E-state index is -11.2. The Bertz CT molecular complexity index is 165. The zero-order valence-electron chi connectivity index (χ0n) is 10.2. The van der Waals surface area contributed by atoms with E-state index in [1.54, 1.807) is 0 Å². The Balaban J connectivity index is -0.000000216. The predicted molar refractivity (Wildman–Crippen MR) is 63.1 cm³/mol. The van der Waals surface area contributed by atoms with Crippen LogP contribution >= 0.6 is 0 Å². The Labute approximate surface area is 124 Å². The van der Waals surface area contributed by atoms with E-state index in [4.69, 9.17) is 0 Å². The van der Waals surface area contributed by atoms with E-state index in [1.165, 1.54) is 32.1 Å². The average molecular weight is 444 g/mol. The minimum absolute atomic E-state index is 0. The third kappa shape index (κ3) is 68.2. The van der Waals surface area contributed by atoms with Gasteiger partial charge >= 0.3 is 52.8 Å². The number of hydrogen-bond acceptors (Lipinski definition) is 0. The smallest absolute Gasteiger partial charge is 2.00 e. The van der Waals surface area contributed by atoms with E-state index < -0.39 is 19.5 Å². The molecule has 0 unspecified atom stereocenters. The minimum Gasteiger partial charge on any atom is 2.00 e. The van der Waals surface area contributed by atoms with Crippen LogP contribution < -0.4 is 0 Å². The third-order valence-corrected chi connectivity index (χ3v) is 1.33. The van der Waals surface area contributed by atoms with E-state index in [-0.39, 0.29) is 16.5 Å². The van der Waals surface area contributed by atoms with Gasteiger partial charge in [-0.1, -0.05) is 0 Å². The Morgan fingerprint density at radius 3 is 0.895 bits per heavy atom. The molecule has 8 heteroatoms. The topological polar surface area (TPSA) is 0 Å². The van der Waals surface area contributed by atoms with Crippen LogP contribution in [0, 0.1) is 46.0 Å². The van der Waals surface area contributed by atoms with Crippen LogP contribution in [-0.2, 0) is 16.5 Å². The van der Waals surface area contributed by atoms with Crippen molar-refractivity contribution in [1.82, 2.24) is 0 Å². The molecule has 1 aliphatic carbocycles. The van der Waals surface area contributed by atoms with Gasteiger partial charge in [0.25, 0.3) is 0 Å². The molecular formula is C11H17F6NiSb+. The van der Waals surface area contributed by atoms with E-state index in [9.17, 15) is 16.9 Å². The quantitative estimate of drug-likeness (QED) is 0.349. The molecule has 1 saturated carbocycles. The molecule has 7 radical (unpaired) electrons. The van der Waals surface area contributed by atoms with Gasteiger partial charge in [0.1, 0.15) is 0 Å². The molecule has 0 aromatic rings. The van der Waals surface area contributed by atoms with Crippen molar-refractivity contribution in [3.8, 4) is 0 Å². The molecule has 1 aliphatic rings. The number of halogens is 6. The van der Waals surface area contributed by atoms with Crippen molar-refractivity contribution >= 4 is 19.5 Å². The van der Waals surface area contributed by atoms with Crippen LogP contribution in [0.25, 0.3) is 0 Å². The number of hydrogen-bond donors (Lipinski definition) is 0. The van der Waals surface area contributed by atoms with Gasteiger partial charge in [0.15, 0.2) is 0 Å². The fraction of sp³-hybridized carbons (Fsp3) is 0.364. The third-order valence-electron chi connectivity index (χ3n) is 1.33.